The third-order valence-corrected chi connectivity index (χ3v) is 6.90. The van der Waals surface area contributed by atoms with Crippen molar-refractivity contribution in [2.24, 2.45) is 0 Å². The van der Waals surface area contributed by atoms with Crippen LogP contribution in [0.15, 0.2) is 84.4 Å². The van der Waals surface area contributed by atoms with Crippen LogP contribution in [0.5, 0.6) is 0 Å². The van der Waals surface area contributed by atoms with E-state index in [0.717, 1.165) is 54.1 Å². The van der Waals surface area contributed by atoms with Crippen molar-refractivity contribution < 1.29 is 41.0 Å². The molecule has 0 radical (unpaired) electrons. The van der Waals surface area contributed by atoms with Gasteiger partial charge in [0.2, 0.25) is 0 Å². The van der Waals surface area contributed by atoms with Crippen LogP contribution in [0, 0.1) is 0 Å². The summed E-state index contributed by atoms with van der Waals surface area (Å²) in [6, 6.07) is 15.2. The molecule has 1 aliphatic heterocycles. The summed E-state index contributed by atoms with van der Waals surface area (Å²) in [5, 5.41) is 14.6. The molecule has 0 saturated heterocycles. The number of carbonyl (C=O) groups is 1. The third kappa shape index (κ3) is 7.09. The molecule has 0 aliphatic carbocycles. The van der Waals surface area contributed by atoms with Crippen molar-refractivity contribution in [1.82, 2.24) is 4.90 Å². The molecule has 41 heavy (non-hydrogen) atoms. The number of aliphatic hydroxyl groups is 1. The Balaban J connectivity index is 1.57. The molecular weight excluding hydrogens is 550 g/mol. The monoisotopic (exact) mass is 578 g/mol. The van der Waals surface area contributed by atoms with Crippen LogP contribution in [0.1, 0.15) is 41.2 Å². The van der Waals surface area contributed by atoms with Gasteiger partial charge < -0.3 is 9.84 Å². The van der Waals surface area contributed by atoms with Crippen molar-refractivity contribution in [1.29, 1.82) is 0 Å². The first-order valence-electron chi connectivity index (χ1n) is 12.8. The third-order valence-electron chi connectivity index (χ3n) is 6.90. The minimum atomic E-state index is -4.58. The molecular formula is C30H28F6N2O3. The van der Waals surface area contributed by atoms with Gasteiger partial charge in [-0.3, -0.25) is 10.2 Å². The average molecular weight is 579 g/mol. The van der Waals surface area contributed by atoms with Crippen LogP contribution in [0.4, 0.5) is 36.8 Å². The zero-order valence-corrected chi connectivity index (χ0v) is 22.0. The lowest BCUT2D eigenvalue weighted by atomic mass is 9.77. The maximum Gasteiger partial charge on any atom is 0.416 e. The van der Waals surface area contributed by atoms with Crippen LogP contribution in [-0.4, -0.2) is 35.8 Å². The highest BCUT2D eigenvalue weighted by Crippen LogP contribution is 2.42. The van der Waals surface area contributed by atoms with Gasteiger partial charge in [-0.1, -0.05) is 42.5 Å². The van der Waals surface area contributed by atoms with Crippen molar-refractivity contribution in [3.05, 3.63) is 112 Å². The summed E-state index contributed by atoms with van der Waals surface area (Å²) in [4.78, 5) is 13.7. The van der Waals surface area contributed by atoms with Gasteiger partial charge in [-0.2, -0.15) is 26.3 Å². The molecule has 11 heteroatoms. The molecule has 0 aromatic heterocycles. The van der Waals surface area contributed by atoms with Crippen molar-refractivity contribution in [2.75, 3.05) is 25.0 Å². The Labute approximate surface area is 233 Å². The number of anilines is 1. The van der Waals surface area contributed by atoms with Gasteiger partial charge in [0.25, 0.3) is 0 Å². The number of halogens is 6. The second-order valence-electron chi connectivity index (χ2n) is 9.62. The molecule has 5 nitrogen and oxygen atoms in total. The molecule has 3 aromatic rings. The summed E-state index contributed by atoms with van der Waals surface area (Å²) < 4.78 is 83.9. The van der Waals surface area contributed by atoms with E-state index >= 15 is 0 Å². The zero-order chi connectivity index (χ0) is 29.8. The smallest absolute Gasteiger partial charge is 0.416 e. The van der Waals surface area contributed by atoms with Crippen molar-refractivity contribution >= 4 is 11.8 Å². The molecule has 0 spiro atoms. The molecule has 218 valence electrons. The van der Waals surface area contributed by atoms with Crippen LogP contribution in [0.25, 0.3) is 0 Å². The molecule has 1 heterocycles. The number of rotatable bonds is 7. The quantitative estimate of drug-likeness (QED) is 0.227. The minimum Gasteiger partial charge on any atom is -0.450 e. The summed E-state index contributed by atoms with van der Waals surface area (Å²) in [6.45, 7) is 3.37. The first-order chi connectivity index (χ1) is 19.3. The lowest BCUT2D eigenvalue weighted by Crippen LogP contribution is -2.37. The molecule has 0 fully saturated rings. The van der Waals surface area contributed by atoms with E-state index in [1.807, 2.05) is 12.1 Å². The molecule has 0 bridgehead atoms. The Bertz CT molecular complexity index is 1310. The standard InChI is InChI=1S/C30H28F6N2O3/c1-2-41-27(39)37-26-13-3-20(4-14-26)19-38-17-15-23(16-18-38)28(40,21-5-9-24(10-6-21)29(31,32)33)22-7-11-25(12-8-22)30(34,35)36/h3-15,40H,2,16-19H2,1H3,(H,37,39). The van der Waals surface area contributed by atoms with Crippen molar-refractivity contribution in [3.8, 4) is 0 Å². The van der Waals surface area contributed by atoms with Crippen molar-refractivity contribution in [3.63, 3.8) is 0 Å². The second-order valence-corrected chi connectivity index (χ2v) is 9.62. The Hall–Kier alpha value is -3.83. The molecule has 0 unspecified atom stereocenters. The minimum absolute atomic E-state index is 0.120. The van der Waals surface area contributed by atoms with Crippen LogP contribution >= 0.6 is 0 Å². The van der Waals surface area contributed by atoms with Gasteiger partial charge in [0, 0.05) is 25.3 Å². The molecule has 0 atom stereocenters. The number of hydrogen-bond donors (Lipinski definition) is 2. The number of nitrogens with zero attached hydrogens (tertiary/aromatic N) is 1. The molecule has 4 rings (SSSR count). The zero-order valence-electron chi connectivity index (χ0n) is 22.0. The number of benzene rings is 3. The number of nitrogens with one attached hydrogen (secondary N) is 1. The van der Waals surface area contributed by atoms with Crippen LogP contribution < -0.4 is 5.32 Å². The van der Waals surface area contributed by atoms with Gasteiger partial charge in [0.05, 0.1) is 17.7 Å². The lowest BCUT2D eigenvalue weighted by Gasteiger charge is -2.37. The Kier molecular flexibility index (Phi) is 8.79. The molecule has 1 amide bonds. The number of amides is 1. The number of alkyl halides is 6. The van der Waals surface area contributed by atoms with E-state index in [0.29, 0.717) is 37.3 Å². The van der Waals surface area contributed by atoms with E-state index in [-0.39, 0.29) is 17.7 Å². The predicted octanol–water partition coefficient (Wildman–Crippen LogP) is 7.36. The summed E-state index contributed by atoms with van der Waals surface area (Å²) in [5.41, 5.74) is -1.48. The van der Waals surface area contributed by atoms with Gasteiger partial charge >= 0.3 is 18.4 Å². The summed E-state index contributed by atoms with van der Waals surface area (Å²) in [6.07, 6.45) is -7.63. The van der Waals surface area contributed by atoms with E-state index in [1.54, 1.807) is 25.1 Å². The fourth-order valence-corrected chi connectivity index (χ4v) is 4.76. The molecule has 1 aliphatic rings. The first-order valence-corrected chi connectivity index (χ1v) is 12.8. The molecule has 3 aromatic carbocycles. The van der Waals surface area contributed by atoms with Crippen LogP contribution in [0.3, 0.4) is 0 Å². The maximum absolute atomic E-state index is 13.2. The highest BCUT2D eigenvalue weighted by Gasteiger charge is 2.39. The van der Waals surface area contributed by atoms with E-state index in [9.17, 15) is 36.2 Å². The van der Waals surface area contributed by atoms with E-state index in [2.05, 4.69) is 10.2 Å². The van der Waals surface area contributed by atoms with Gasteiger partial charge in [-0.05, 0) is 72.0 Å². The van der Waals surface area contributed by atoms with E-state index in [4.69, 9.17) is 4.74 Å². The van der Waals surface area contributed by atoms with Gasteiger partial charge in [0.1, 0.15) is 5.60 Å². The number of ether oxygens (including phenoxy) is 1. The van der Waals surface area contributed by atoms with Gasteiger partial charge in [-0.15, -0.1) is 0 Å². The van der Waals surface area contributed by atoms with Crippen LogP contribution in [-0.2, 0) is 29.2 Å². The maximum atomic E-state index is 13.2. The van der Waals surface area contributed by atoms with Gasteiger partial charge in [0.15, 0.2) is 0 Å². The molecule has 0 saturated carbocycles. The summed E-state index contributed by atoms with van der Waals surface area (Å²) in [5.74, 6) is 0. The second kappa shape index (κ2) is 12.0. The van der Waals surface area contributed by atoms with E-state index in [1.165, 1.54) is 0 Å². The van der Waals surface area contributed by atoms with Gasteiger partial charge in [-0.25, -0.2) is 4.79 Å². The SMILES string of the molecule is CCOC(=O)Nc1ccc(CN2CC=C(C(O)(c3ccc(C(F)(F)F)cc3)c3ccc(C(F)(F)F)cc3)CC2)cc1. The average Bonchev–Trinajstić information content (AvgIpc) is 2.93. The Morgan fingerprint density at radius 3 is 1.73 bits per heavy atom. The Morgan fingerprint density at radius 1 is 0.829 bits per heavy atom. The van der Waals surface area contributed by atoms with Crippen LogP contribution in [0.2, 0.25) is 0 Å². The van der Waals surface area contributed by atoms with Crippen molar-refractivity contribution in [2.45, 2.75) is 37.8 Å². The normalized spacial score (nSPS) is 14.9. The molecule has 2 N–H and O–H groups in total. The predicted molar refractivity (Wildman–Crippen MR) is 141 cm³/mol. The highest BCUT2D eigenvalue weighted by atomic mass is 19.4. The fraction of sp³-hybridized carbons (Fsp3) is 0.300. The fourth-order valence-electron chi connectivity index (χ4n) is 4.76. The number of carbonyl (C=O) groups excluding carboxylic acids is 1. The lowest BCUT2D eigenvalue weighted by molar-refractivity contribution is -0.138. The highest BCUT2D eigenvalue weighted by molar-refractivity contribution is 5.84. The topological polar surface area (TPSA) is 61.8 Å². The summed E-state index contributed by atoms with van der Waals surface area (Å²) in [7, 11) is 0. The first kappa shape index (κ1) is 30.1. The Morgan fingerprint density at radius 2 is 1.32 bits per heavy atom. The summed E-state index contributed by atoms with van der Waals surface area (Å²) >= 11 is 0. The number of hydrogen-bond acceptors (Lipinski definition) is 4. The van der Waals surface area contributed by atoms with E-state index < -0.39 is 35.2 Å². The largest absolute Gasteiger partial charge is 0.450 e.